The van der Waals surface area contributed by atoms with Crippen LogP contribution >= 0.6 is 0 Å². The first-order chi connectivity index (χ1) is 15.4. The Morgan fingerprint density at radius 2 is 1.91 bits per heavy atom. The van der Waals surface area contributed by atoms with Gasteiger partial charge in [0, 0.05) is 17.8 Å². The maximum absolute atomic E-state index is 12.3. The van der Waals surface area contributed by atoms with E-state index in [0.717, 1.165) is 11.1 Å². The molecule has 32 heavy (non-hydrogen) atoms. The van der Waals surface area contributed by atoms with Gasteiger partial charge in [0.05, 0.1) is 29.6 Å². The number of hydrogen-bond acceptors (Lipinski definition) is 6. The van der Waals surface area contributed by atoms with Gasteiger partial charge >= 0.3 is 0 Å². The number of carbonyl (C=O) groups excluding carboxylic acids is 1. The molecular weight excluding hydrogens is 412 g/mol. The van der Waals surface area contributed by atoms with Crippen molar-refractivity contribution in [2.24, 2.45) is 0 Å². The quantitative estimate of drug-likeness (QED) is 0.346. The zero-order chi connectivity index (χ0) is 22.7. The summed E-state index contributed by atoms with van der Waals surface area (Å²) in [7, 11) is 1.54. The molecule has 0 spiro atoms. The number of nitro groups is 1. The number of imidazole rings is 1. The van der Waals surface area contributed by atoms with E-state index in [4.69, 9.17) is 9.47 Å². The van der Waals surface area contributed by atoms with Crippen molar-refractivity contribution in [2.45, 2.75) is 6.92 Å². The van der Waals surface area contributed by atoms with Crippen LogP contribution in [0.3, 0.4) is 0 Å². The van der Waals surface area contributed by atoms with Gasteiger partial charge in [0.25, 0.3) is 11.6 Å². The van der Waals surface area contributed by atoms with Gasteiger partial charge in [0.15, 0.2) is 6.61 Å². The Bertz CT molecular complexity index is 1300. The Morgan fingerprint density at radius 3 is 2.62 bits per heavy atom. The minimum absolute atomic E-state index is 0.00763. The van der Waals surface area contributed by atoms with E-state index < -0.39 is 4.92 Å². The fourth-order valence-corrected chi connectivity index (χ4v) is 3.20. The lowest BCUT2D eigenvalue weighted by Crippen LogP contribution is -2.20. The number of ether oxygens (including phenoxy) is 2. The Balaban J connectivity index is 1.41. The molecule has 0 atom stereocenters. The highest BCUT2D eigenvalue weighted by Gasteiger charge is 2.11. The minimum atomic E-state index is -0.448. The van der Waals surface area contributed by atoms with Gasteiger partial charge in [0.1, 0.15) is 17.1 Å². The number of fused-ring (bicyclic) bond motifs is 1. The normalized spacial score (nSPS) is 10.7. The van der Waals surface area contributed by atoms with Crippen molar-refractivity contribution in [3.05, 3.63) is 82.7 Å². The van der Waals surface area contributed by atoms with Crippen molar-refractivity contribution in [1.82, 2.24) is 9.38 Å². The van der Waals surface area contributed by atoms with Crippen LogP contribution < -0.4 is 14.8 Å². The van der Waals surface area contributed by atoms with Crippen molar-refractivity contribution >= 4 is 22.9 Å². The number of nitrogens with zero attached hydrogens (tertiary/aromatic N) is 3. The van der Waals surface area contributed by atoms with Crippen LogP contribution in [-0.4, -0.2) is 33.9 Å². The smallest absolute Gasteiger partial charge is 0.286 e. The molecule has 0 fully saturated rings. The second kappa shape index (κ2) is 8.76. The summed E-state index contributed by atoms with van der Waals surface area (Å²) in [6, 6.07) is 15.6. The maximum Gasteiger partial charge on any atom is 0.286 e. The van der Waals surface area contributed by atoms with Gasteiger partial charge in [-0.05, 0) is 55.0 Å². The molecule has 0 radical (unpaired) electrons. The van der Waals surface area contributed by atoms with E-state index in [9.17, 15) is 14.9 Å². The van der Waals surface area contributed by atoms with Crippen molar-refractivity contribution in [3.63, 3.8) is 0 Å². The SMILES string of the molecule is COc1ccc(C)cc1NC(=O)COc1ccc(-c2cn3cc([N+](=O)[O-])ccc3n2)cc1. The fraction of sp³-hybridized carbons (Fsp3) is 0.130. The van der Waals surface area contributed by atoms with Gasteiger partial charge in [-0.1, -0.05) is 6.07 Å². The average molecular weight is 432 g/mol. The largest absolute Gasteiger partial charge is 0.495 e. The van der Waals surface area contributed by atoms with Crippen LogP contribution in [0.25, 0.3) is 16.9 Å². The zero-order valence-electron chi connectivity index (χ0n) is 17.4. The topological polar surface area (TPSA) is 108 Å². The van der Waals surface area contributed by atoms with Crippen LogP contribution in [0.4, 0.5) is 11.4 Å². The van der Waals surface area contributed by atoms with E-state index in [1.54, 1.807) is 42.0 Å². The molecule has 0 aliphatic heterocycles. The zero-order valence-corrected chi connectivity index (χ0v) is 17.4. The number of hydrogen-bond donors (Lipinski definition) is 1. The third-order valence-electron chi connectivity index (χ3n) is 4.80. The molecule has 0 aliphatic carbocycles. The van der Waals surface area contributed by atoms with Gasteiger partial charge in [-0.3, -0.25) is 19.3 Å². The second-order valence-corrected chi connectivity index (χ2v) is 7.10. The van der Waals surface area contributed by atoms with E-state index in [2.05, 4.69) is 10.3 Å². The maximum atomic E-state index is 12.3. The summed E-state index contributed by atoms with van der Waals surface area (Å²) in [4.78, 5) is 27.3. The second-order valence-electron chi connectivity index (χ2n) is 7.10. The molecule has 2 aromatic carbocycles. The van der Waals surface area contributed by atoms with E-state index in [0.29, 0.717) is 28.5 Å². The van der Waals surface area contributed by atoms with Gasteiger partial charge < -0.3 is 14.8 Å². The monoisotopic (exact) mass is 432 g/mol. The number of methoxy groups -OCH3 is 1. The predicted molar refractivity (Wildman–Crippen MR) is 119 cm³/mol. The summed E-state index contributed by atoms with van der Waals surface area (Å²) in [5.74, 6) is 0.797. The number of anilines is 1. The molecule has 162 valence electrons. The minimum Gasteiger partial charge on any atom is -0.495 e. The van der Waals surface area contributed by atoms with E-state index in [1.165, 1.54) is 12.3 Å². The van der Waals surface area contributed by atoms with E-state index in [1.807, 2.05) is 31.2 Å². The van der Waals surface area contributed by atoms with Crippen LogP contribution in [0.1, 0.15) is 5.56 Å². The summed E-state index contributed by atoms with van der Waals surface area (Å²) < 4.78 is 12.5. The summed E-state index contributed by atoms with van der Waals surface area (Å²) in [6.07, 6.45) is 3.14. The number of aromatic nitrogens is 2. The lowest BCUT2D eigenvalue weighted by molar-refractivity contribution is -0.385. The van der Waals surface area contributed by atoms with E-state index >= 15 is 0 Å². The van der Waals surface area contributed by atoms with Gasteiger partial charge in [-0.2, -0.15) is 0 Å². The number of aryl methyl sites for hydroxylation is 1. The highest BCUT2D eigenvalue weighted by molar-refractivity contribution is 5.93. The molecule has 4 rings (SSSR count). The summed E-state index contributed by atoms with van der Waals surface area (Å²) in [5.41, 5.74) is 3.67. The molecule has 4 aromatic rings. The highest BCUT2D eigenvalue weighted by atomic mass is 16.6. The predicted octanol–water partition coefficient (Wildman–Crippen LogP) is 4.24. The molecule has 0 aliphatic rings. The third kappa shape index (κ3) is 4.51. The number of pyridine rings is 1. The van der Waals surface area contributed by atoms with Gasteiger partial charge in [-0.15, -0.1) is 0 Å². The first kappa shape index (κ1) is 20.9. The molecule has 0 bridgehead atoms. The molecule has 1 amide bonds. The van der Waals surface area contributed by atoms with Crippen LogP contribution in [-0.2, 0) is 4.79 Å². The molecule has 2 heterocycles. The van der Waals surface area contributed by atoms with Crippen molar-refractivity contribution < 1.29 is 19.2 Å². The molecule has 0 saturated heterocycles. The fourth-order valence-electron chi connectivity index (χ4n) is 3.20. The molecule has 2 aromatic heterocycles. The Labute approximate surface area is 183 Å². The van der Waals surface area contributed by atoms with Crippen molar-refractivity contribution in [1.29, 1.82) is 0 Å². The number of rotatable bonds is 7. The van der Waals surface area contributed by atoms with Crippen LogP contribution in [0.15, 0.2) is 67.0 Å². The lowest BCUT2D eigenvalue weighted by atomic mass is 10.2. The molecule has 9 nitrogen and oxygen atoms in total. The number of amides is 1. The lowest BCUT2D eigenvalue weighted by Gasteiger charge is -2.11. The number of carbonyl (C=O) groups is 1. The van der Waals surface area contributed by atoms with Gasteiger partial charge in [0.2, 0.25) is 0 Å². The first-order valence-electron chi connectivity index (χ1n) is 9.74. The standard InChI is InChI=1S/C23H20N4O5/c1-15-3-9-21(31-2)19(11-15)25-23(28)14-32-18-7-4-16(5-8-18)20-13-26-12-17(27(29)30)6-10-22(26)24-20/h3-13H,14H2,1-2H3,(H,25,28). The highest BCUT2D eigenvalue weighted by Crippen LogP contribution is 2.26. The third-order valence-corrected chi connectivity index (χ3v) is 4.80. The molecular formula is C23H20N4O5. The number of nitrogens with one attached hydrogen (secondary N) is 1. The first-order valence-corrected chi connectivity index (χ1v) is 9.74. The number of benzene rings is 2. The Hall–Kier alpha value is -4.40. The average Bonchev–Trinajstić information content (AvgIpc) is 3.21. The molecule has 0 unspecified atom stereocenters. The Kier molecular flexibility index (Phi) is 5.71. The van der Waals surface area contributed by atoms with E-state index in [-0.39, 0.29) is 18.2 Å². The Morgan fingerprint density at radius 1 is 1.12 bits per heavy atom. The molecule has 1 N–H and O–H groups in total. The van der Waals surface area contributed by atoms with Crippen molar-refractivity contribution in [2.75, 3.05) is 19.0 Å². The van der Waals surface area contributed by atoms with Crippen molar-refractivity contribution in [3.8, 4) is 22.8 Å². The summed E-state index contributed by atoms with van der Waals surface area (Å²) in [6.45, 7) is 1.77. The van der Waals surface area contributed by atoms with Crippen LogP contribution in [0, 0.1) is 17.0 Å². The molecule has 0 saturated carbocycles. The summed E-state index contributed by atoms with van der Waals surface area (Å²) >= 11 is 0. The molecule has 9 heteroatoms. The van der Waals surface area contributed by atoms with Gasteiger partial charge in [-0.25, -0.2) is 4.98 Å². The summed E-state index contributed by atoms with van der Waals surface area (Å²) in [5, 5.41) is 13.7. The van der Waals surface area contributed by atoms with Crippen LogP contribution in [0.2, 0.25) is 0 Å². The van der Waals surface area contributed by atoms with Crippen LogP contribution in [0.5, 0.6) is 11.5 Å².